The molecule has 2 nitrogen and oxygen atoms in total. The van der Waals surface area contributed by atoms with E-state index in [0.29, 0.717) is 5.15 Å². The van der Waals surface area contributed by atoms with E-state index in [-0.39, 0.29) is 0 Å². The lowest BCUT2D eigenvalue weighted by Crippen LogP contribution is -1.96. The number of nitrogens with zero attached hydrogens (tertiary/aromatic N) is 2. The Morgan fingerprint density at radius 3 is 2.75 bits per heavy atom. The van der Waals surface area contributed by atoms with E-state index in [1.165, 1.54) is 5.56 Å². The second kappa shape index (κ2) is 4.93. The smallest absolute Gasteiger partial charge is 0.162 e. The Labute approximate surface area is 104 Å². The summed E-state index contributed by atoms with van der Waals surface area (Å²) in [5.74, 6) is 0.745. The summed E-state index contributed by atoms with van der Waals surface area (Å²) in [6, 6.07) is 1.84. The number of aryl methyl sites for hydroxylation is 2. The molecule has 0 saturated heterocycles. The van der Waals surface area contributed by atoms with Crippen LogP contribution in [0, 0.1) is 6.92 Å². The summed E-state index contributed by atoms with van der Waals surface area (Å²) in [4.78, 5) is 8.82. The molecular weight excluding hydrogens is 240 g/mol. The molecule has 0 aromatic carbocycles. The van der Waals surface area contributed by atoms with Crippen molar-refractivity contribution >= 4 is 22.9 Å². The van der Waals surface area contributed by atoms with E-state index in [1.807, 2.05) is 6.07 Å². The molecule has 2 rings (SSSR count). The molecule has 2 aromatic heterocycles. The first kappa shape index (κ1) is 11.6. The lowest BCUT2D eigenvalue weighted by molar-refractivity contribution is 0.875. The van der Waals surface area contributed by atoms with Crippen molar-refractivity contribution in [2.75, 3.05) is 0 Å². The van der Waals surface area contributed by atoms with Crippen LogP contribution >= 0.6 is 22.9 Å². The minimum Gasteiger partial charge on any atom is -0.233 e. The molecule has 84 valence electrons. The molecule has 0 radical (unpaired) electrons. The van der Waals surface area contributed by atoms with Crippen LogP contribution in [0.15, 0.2) is 16.8 Å². The van der Waals surface area contributed by atoms with Gasteiger partial charge in [-0.1, -0.05) is 24.9 Å². The van der Waals surface area contributed by atoms with E-state index in [4.69, 9.17) is 11.6 Å². The zero-order valence-electron chi connectivity index (χ0n) is 9.33. The van der Waals surface area contributed by atoms with Gasteiger partial charge in [0.1, 0.15) is 5.15 Å². The van der Waals surface area contributed by atoms with Crippen LogP contribution in [-0.4, -0.2) is 9.97 Å². The van der Waals surface area contributed by atoms with Crippen molar-refractivity contribution in [2.45, 2.75) is 26.7 Å². The summed E-state index contributed by atoms with van der Waals surface area (Å²) in [6.07, 6.45) is 2.01. The lowest BCUT2D eigenvalue weighted by Gasteiger charge is -2.03. The number of thiophene rings is 1. The maximum atomic E-state index is 6.01. The molecule has 0 bridgehead atoms. The summed E-state index contributed by atoms with van der Waals surface area (Å²) in [7, 11) is 0. The Hall–Kier alpha value is -0.930. The zero-order valence-corrected chi connectivity index (χ0v) is 10.9. The third kappa shape index (κ3) is 2.42. The summed E-state index contributed by atoms with van der Waals surface area (Å²) in [5.41, 5.74) is 3.31. The van der Waals surface area contributed by atoms with Crippen LogP contribution in [0.5, 0.6) is 0 Å². The first-order chi connectivity index (χ1) is 7.70. The van der Waals surface area contributed by atoms with Crippen LogP contribution in [0.1, 0.15) is 24.6 Å². The van der Waals surface area contributed by atoms with Crippen molar-refractivity contribution in [3.05, 3.63) is 33.2 Å². The van der Waals surface area contributed by atoms with Gasteiger partial charge in [-0.15, -0.1) is 0 Å². The van der Waals surface area contributed by atoms with E-state index >= 15 is 0 Å². The van der Waals surface area contributed by atoms with Gasteiger partial charge in [0.05, 0.1) is 0 Å². The van der Waals surface area contributed by atoms with Gasteiger partial charge in [-0.05, 0) is 30.4 Å². The van der Waals surface area contributed by atoms with Crippen molar-refractivity contribution in [3.8, 4) is 11.4 Å². The van der Waals surface area contributed by atoms with E-state index in [1.54, 1.807) is 11.3 Å². The maximum Gasteiger partial charge on any atom is 0.162 e. The normalized spacial score (nSPS) is 10.7. The van der Waals surface area contributed by atoms with E-state index < -0.39 is 0 Å². The van der Waals surface area contributed by atoms with Crippen molar-refractivity contribution in [3.63, 3.8) is 0 Å². The number of hydrogen-bond acceptors (Lipinski definition) is 3. The topological polar surface area (TPSA) is 25.8 Å². The largest absolute Gasteiger partial charge is 0.233 e. The second-order valence-corrected chi connectivity index (χ2v) is 4.85. The predicted molar refractivity (Wildman–Crippen MR) is 69.1 cm³/mol. The fourth-order valence-corrected chi connectivity index (χ4v) is 2.59. The fraction of sp³-hybridized carbons (Fsp3) is 0.333. The summed E-state index contributed by atoms with van der Waals surface area (Å²) >= 11 is 7.67. The van der Waals surface area contributed by atoms with Gasteiger partial charge < -0.3 is 0 Å². The summed E-state index contributed by atoms with van der Waals surface area (Å²) < 4.78 is 0. The third-order valence-electron chi connectivity index (χ3n) is 2.35. The molecule has 0 saturated carbocycles. The second-order valence-electron chi connectivity index (χ2n) is 3.72. The molecule has 0 unspecified atom stereocenters. The van der Waals surface area contributed by atoms with Gasteiger partial charge in [0, 0.05) is 16.6 Å². The van der Waals surface area contributed by atoms with E-state index in [9.17, 15) is 0 Å². The third-order valence-corrected chi connectivity index (χ3v) is 3.41. The van der Waals surface area contributed by atoms with Gasteiger partial charge in [-0.25, -0.2) is 9.97 Å². The van der Waals surface area contributed by atoms with Gasteiger partial charge in [0.2, 0.25) is 0 Å². The molecule has 0 fully saturated rings. The Bertz CT molecular complexity index is 494. The molecule has 0 N–H and O–H groups in total. The van der Waals surface area contributed by atoms with Gasteiger partial charge in [0.15, 0.2) is 5.82 Å². The summed E-state index contributed by atoms with van der Waals surface area (Å²) in [6.45, 7) is 4.20. The highest BCUT2D eigenvalue weighted by Crippen LogP contribution is 2.25. The zero-order chi connectivity index (χ0) is 11.5. The van der Waals surface area contributed by atoms with E-state index in [0.717, 1.165) is 29.9 Å². The number of halogens is 1. The first-order valence-electron chi connectivity index (χ1n) is 5.27. The SMILES string of the molecule is CCCc1cc(Cl)nc(-c2cscc2C)n1. The van der Waals surface area contributed by atoms with Crippen LogP contribution in [0.2, 0.25) is 5.15 Å². The van der Waals surface area contributed by atoms with Crippen molar-refractivity contribution in [1.82, 2.24) is 9.97 Å². The molecule has 0 amide bonds. The van der Waals surface area contributed by atoms with E-state index in [2.05, 4.69) is 34.6 Å². The van der Waals surface area contributed by atoms with Crippen LogP contribution in [0.25, 0.3) is 11.4 Å². The quantitative estimate of drug-likeness (QED) is 0.768. The van der Waals surface area contributed by atoms with Crippen LogP contribution < -0.4 is 0 Å². The number of aromatic nitrogens is 2. The van der Waals surface area contributed by atoms with Gasteiger partial charge in [0.25, 0.3) is 0 Å². The minimum atomic E-state index is 0.527. The summed E-state index contributed by atoms with van der Waals surface area (Å²) in [5, 5.41) is 4.69. The molecular formula is C12H13ClN2S. The maximum absolute atomic E-state index is 6.01. The molecule has 0 aliphatic rings. The van der Waals surface area contributed by atoms with Crippen LogP contribution in [0.4, 0.5) is 0 Å². The minimum absolute atomic E-state index is 0.527. The average molecular weight is 253 g/mol. The van der Waals surface area contributed by atoms with Crippen molar-refractivity contribution in [2.24, 2.45) is 0 Å². The molecule has 0 spiro atoms. The molecule has 2 heterocycles. The predicted octanol–water partition coefficient (Wildman–Crippen LogP) is 4.12. The Kier molecular flexibility index (Phi) is 3.56. The highest BCUT2D eigenvalue weighted by Gasteiger charge is 2.08. The number of hydrogen-bond donors (Lipinski definition) is 0. The van der Waals surface area contributed by atoms with Gasteiger partial charge >= 0.3 is 0 Å². The highest BCUT2D eigenvalue weighted by atomic mass is 35.5. The Balaban J connectivity index is 2.45. The highest BCUT2D eigenvalue weighted by molar-refractivity contribution is 7.08. The Morgan fingerprint density at radius 1 is 1.31 bits per heavy atom. The first-order valence-corrected chi connectivity index (χ1v) is 6.59. The molecule has 4 heteroatoms. The fourth-order valence-electron chi connectivity index (χ4n) is 1.56. The van der Waals surface area contributed by atoms with Crippen LogP contribution in [-0.2, 0) is 6.42 Å². The molecule has 0 aliphatic heterocycles. The monoisotopic (exact) mass is 252 g/mol. The van der Waals surface area contributed by atoms with Gasteiger partial charge in [-0.2, -0.15) is 11.3 Å². The molecule has 2 aromatic rings. The van der Waals surface area contributed by atoms with Crippen LogP contribution in [0.3, 0.4) is 0 Å². The molecule has 0 atom stereocenters. The van der Waals surface area contributed by atoms with Crippen molar-refractivity contribution in [1.29, 1.82) is 0 Å². The lowest BCUT2D eigenvalue weighted by atomic mass is 10.2. The van der Waals surface area contributed by atoms with Crippen molar-refractivity contribution < 1.29 is 0 Å². The standard InChI is InChI=1S/C12H13ClN2S/c1-3-4-9-5-11(13)15-12(14-9)10-7-16-6-8(10)2/h5-7H,3-4H2,1-2H3. The Morgan fingerprint density at radius 2 is 2.12 bits per heavy atom. The van der Waals surface area contributed by atoms with Gasteiger partial charge in [-0.3, -0.25) is 0 Å². The average Bonchev–Trinajstić information content (AvgIpc) is 2.64. The molecule has 16 heavy (non-hydrogen) atoms. The number of rotatable bonds is 3. The molecule has 0 aliphatic carbocycles.